The van der Waals surface area contributed by atoms with Crippen LogP contribution in [0, 0.1) is 6.92 Å². The van der Waals surface area contributed by atoms with Gasteiger partial charge in [-0.05, 0) is 25.0 Å². The van der Waals surface area contributed by atoms with Crippen molar-refractivity contribution in [2.24, 2.45) is 0 Å². The highest BCUT2D eigenvalue weighted by molar-refractivity contribution is 7.09. The molecule has 0 spiro atoms. The summed E-state index contributed by atoms with van der Waals surface area (Å²) in [5, 5.41) is 6.12. The molecule has 0 saturated heterocycles. The summed E-state index contributed by atoms with van der Waals surface area (Å²) in [7, 11) is 1.62. The van der Waals surface area contributed by atoms with Crippen LogP contribution in [0.3, 0.4) is 0 Å². The predicted octanol–water partition coefficient (Wildman–Crippen LogP) is 4.03. The van der Waals surface area contributed by atoms with Crippen LogP contribution in [0.5, 0.6) is 5.75 Å². The molecule has 0 aliphatic carbocycles. The molecule has 0 aliphatic heterocycles. The minimum atomic E-state index is 0.00377. The first-order valence-electron chi connectivity index (χ1n) is 8.56. The van der Waals surface area contributed by atoms with Gasteiger partial charge in [0.1, 0.15) is 5.75 Å². The lowest BCUT2D eigenvalue weighted by Gasteiger charge is -2.09. The van der Waals surface area contributed by atoms with Gasteiger partial charge in [-0.1, -0.05) is 42.5 Å². The van der Waals surface area contributed by atoms with Crippen molar-refractivity contribution in [2.45, 2.75) is 19.8 Å². The zero-order chi connectivity index (χ0) is 18.4. The Morgan fingerprint density at radius 3 is 2.62 bits per heavy atom. The van der Waals surface area contributed by atoms with Gasteiger partial charge in [-0.15, -0.1) is 11.3 Å². The molecule has 0 atom stereocenters. The van der Waals surface area contributed by atoms with E-state index in [-0.39, 0.29) is 5.91 Å². The molecule has 3 rings (SSSR count). The second kappa shape index (κ2) is 8.63. The first-order chi connectivity index (χ1) is 12.7. The number of carbonyl (C=O) groups excluding carboxylic acids is 1. The monoisotopic (exact) mass is 366 g/mol. The summed E-state index contributed by atoms with van der Waals surface area (Å²) >= 11 is 1.66. The lowest BCUT2D eigenvalue weighted by atomic mass is 10.1. The van der Waals surface area contributed by atoms with Crippen LogP contribution >= 0.6 is 11.3 Å². The second-order valence-electron chi connectivity index (χ2n) is 6.04. The zero-order valence-corrected chi connectivity index (χ0v) is 15.8. The van der Waals surface area contributed by atoms with Gasteiger partial charge in [0, 0.05) is 23.1 Å². The van der Waals surface area contributed by atoms with Crippen molar-refractivity contribution in [2.75, 3.05) is 13.7 Å². The highest BCUT2D eigenvalue weighted by atomic mass is 32.1. The number of aromatic nitrogens is 1. The number of benzene rings is 2. The average Bonchev–Trinajstić information content (AvgIpc) is 3.09. The maximum Gasteiger partial charge on any atom is 0.224 e. The summed E-state index contributed by atoms with van der Waals surface area (Å²) < 4.78 is 5.28. The van der Waals surface area contributed by atoms with Crippen LogP contribution in [0.2, 0.25) is 0 Å². The summed E-state index contributed by atoms with van der Waals surface area (Å²) in [6, 6.07) is 16.0. The van der Waals surface area contributed by atoms with E-state index < -0.39 is 0 Å². The van der Waals surface area contributed by atoms with E-state index >= 15 is 0 Å². The maximum absolute atomic E-state index is 12.1. The van der Waals surface area contributed by atoms with E-state index in [0.29, 0.717) is 13.0 Å². The molecule has 4 nitrogen and oxygen atoms in total. The molecule has 0 radical (unpaired) electrons. The van der Waals surface area contributed by atoms with Gasteiger partial charge >= 0.3 is 0 Å². The molecule has 1 amide bonds. The molecule has 134 valence electrons. The van der Waals surface area contributed by atoms with Gasteiger partial charge < -0.3 is 10.1 Å². The number of aryl methyl sites for hydroxylation is 1. The van der Waals surface area contributed by atoms with Crippen molar-refractivity contribution in [3.63, 3.8) is 0 Å². The molecule has 26 heavy (non-hydrogen) atoms. The first-order valence-corrected chi connectivity index (χ1v) is 9.43. The van der Waals surface area contributed by atoms with Crippen LogP contribution in [-0.2, 0) is 17.6 Å². The van der Waals surface area contributed by atoms with E-state index in [0.717, 1.165) is 34.0 Å². The van der Waals surface area contributed by atoms with Crippen molar-refractivity contribution in [3.05, 3.63) is 70.0 Å². The van der Waals surface area contributed by atoms with Crippen LogP contribution in [0.4, 0.5) is 0 Å². The molecular formula is C21H22N2O2S. The molecule has 2 aromatic carbocycles. The number of hydrogen-bond donors (Lipinski definition) is 1. The van der Waals surface area contributed by atoms with Crippen LogP contribution in [0.1, 0.15) is 16.1 Å². The fourth-order valence-corrected chi connectivity index (χ4v) is 3.39. The fourth-order valence-electron chi connectivity index (χ4n) is 2.77. The number of carbonyl (C=O) groups is 1. The van der Waals surface area contributed by atoms with Gasteiger partial charge in [0.2, 0.25) is 5.91 Å². The zero-order valence-electron chi connectivity index (χ0n) is 15.0. The van der Waals surface area contributed by atoms with Gasteiger partial charge in [0.15, 0.2) is 0 Å². The number of hydrogen-bond acceptors (Lipinski definition) is 4. The maximum atomic E-state index is 12.1. The molecular weight excluding hydrogens is 344 g/mol. The van der Waals surface area contributed by atoms with Gasteiger partial charge in [0.25, 0.3) is 0 Å². The lowest BCUT2D eigenvalue weighted by molar-refractivity contribution is -0.120. The van der Waals surface area contributed by atoms with E-state index in [2.05, 4.69) is 39.9 Å². The topological polar surface area (TPSA) is 51.2 Å². The largest absolute Gasteiger partial charge is 0.496 e. The first kappa shape index (κ1) is 18.1. The fraction of sp³-hybridized carbons (Fsp3) is 0.238. The molecule has 0 fully saturated rings. The van der Waals surface area contributed by atoms with E-state index in [1.165, 1.54) is 5.56 Å². The van der Waals surface area contributed by atoms with Crippen molar-refractivity contribution in [1.29, 1.82) is 0 Å². The average molecular weight is 366 g/mol. The summed E-state index contributed by atoms with van der Waals surface area (Å²) in [5.74, 6) is 0.750. The van der Waals surface area contributed by atoms with E-state index in [9.17, 15) is 4.79 Å². The summed E-state index contributed by atoms with van der Waals surface area (Å²) in [6.45, 7) is 2.62. The number of para-hydroxylation sites is 1. The Morgan fingerprint density at radius 1 is 1.15 bits per heavy atom. The molecule has 1 aromatic heterocycles. The molecule has 0 unspecified atom stereocenters. The highest BCUT2D eigenvalue weighted by Gasteiger charge is 2.08. The Morgan fingerprint density at radius 2 is 1.92 bits per heavy atom. The molecule has 1 heterocycles. The Hall–Kier alpha value is -2.66. The number of rotatable bonds is 7. The molecule has 0 aliphatic rings. The molecule has 5 heteroatoms. The standard InChI is InChI=1S/C21H22N2O2S/c1-15-23-19(14-26-15)17-9-7-16(8-10-17)11-12-22-21(24)13-18-5-3-4-6-20(18)25-2/h3-10,14H,11-13H2,1-2H3,(H,22,24). The third kappa shape index (κ3) is 4.70. The van der Waals surface area contributed by atoms with Crippen LogP contribution < -0.4 is 10.1 Å². The number of ether oxygens (including phenoxy) is 1. The predicted molar refractivity (Wildman–Crippen MR) is 106 cm³/mol. The quantitative estimate of drug-likeness (QED) is 0.687. The van der Waals surface area contributed by atoms with Crippen molar-refractivity contribution < 1.29 is 9.53 Å². The Labute approximate surface area is 157 Å². The van der Waals surface area contributed by atoms with Crippen LogP contribution in [0.25, 0.3) is 11.3 Å². The summed E-state index contributed by atoms with van der Waals surface area (Å²) in [4.78, 5) is 16.6. The number of methoxy groups -OCH3 is 1. The Balaban J connectivity index is 1.49. The second-order valence-corrected chi connectivity index (χ2v) is 7.10. The van der Waals surface area contributed by atoms with E-state index in [1.807, 2.05) is 31.2 Å². The Kier molecular flexibility index (Phi) is 6.02. The highest BCUT2D eigenvalue weighted by Crippen LogP contribution is 2.22. The van der Waals surface area contributed by atoms with Gasteiger partial charge in [-0.25, -0.2) is 4.98 Å². The van der Waals surface area contributed by atoms with Crippen molar-refractivity contribution in [1.82, 2.24) is 10.3 Å². The van der Waals surface area contributed by atoms with Gasteiger partial charge in [-0.2, -0.15) is 0 Å². The Bertz CT molecular complexity index is 872. The van der Waals surface area contributed by atoms with E-state index in [1.54, 1.807) is 18.4 Å². The van der Waals surface area contributed by atoms with Gasteiger partial charge in [0.05, 0.1) is 24.2 Å². The number of nitrogens with zero attached hydrogens (tertiary/aromatic N) is 1. The minimum absolute atomic E-state index is 0.00377. The van der Waals surface area contributed by atoms with E-state index in [4.69, 9.17) is 4.74 Å². The number of nitrogens with one attached hydrogen (secondary N) is 1. The van der Waals surface area contributed by atoms with Crippen LogP contribution in [0.15, 0.2) is 53.9 Å². The van der Waals surface area contributed by atoms with Gasteiger partial charge in [-0.3, -0.25) is 4.79 Å². The minimum Gasteiger partial charge on any atom is -0.496 e. The number of thiazole rings is 1. The van der Waals surface area contributed by atoms with Crippen molar-refractivity contribution >= 4 is 17.2 Å². The summed E-state index contributed by atoms with van der Waals surface area (Å²) in [6.07, 6.45) is 1.13. The molecule has 3 aromatic rings. The molecule has 0 bridgehead atoms. The lowest BCUT2D eigenvalue weighted by Crippen LogP contribution is -2.27. The smallest absolute Gasteiger partial charge is 0.224 e. The molecule has 1 N–H and O–H groups in total. The number of amides is 1. The molecule has 0 saturated carbocycles. The van der Waals surface area contributed by atoms with Crippen LogP contribution in [-0.4, -0.2) is 24.5 Å². The third-order valence-electron chi connectivity index (χ3n) is 4.15. The normalized spacial score (nSPS) is 10.5. The third-order valence-corrected chi connectivity index (χ3v) is 4.92. The SMILES string of the molecule is COc1ccccc1CC(=O)NCCc1ccc(-c2csc(C)n2)cc1. The summed E-state index contributed by atoms with van der Waals surface area (Å²) in [5.41, 5.74) is 4.23. The van der Waals surface area contributed by atoms with Crippen molar-refractivity contribution in [3.8, 4) is 17.0 Å².